The summed E-state index contributed by atoms with van der Waals surface area (Å²) in [6.07, 6.45) is 0.395. The zero-order valence-electron chi connectivity index (χ0n) is 6.46. The van der Waals surface area contributed by atoms with E-state index in [0.717, 1.165) is 0 Å². The van der Waals surface area contributed by atoms with Crippen LogP contribution in [0.25, 0.3) is 0 Å². The highest BCUT2D eigenvalue weighted by Gasteiger charge is 1.93. The number of halogens is 1. The van der Waals surface area contributed by atoms with Gasteiger partial charge in [0.05, 0.1) is 12.5 Å². The first-order chi connectivity index (χ1) is 5.83. The van der Waals surface area contributed by atoms with Gasteiger partial charge in [-0.15, -0.1) is 0 Å². The lowest BCUT2D eigenvalue weighted by molar-refractivity contribution is 0.326. The van der Waals surface area contributed by atoms with Crippen LogP contribution >= 0.6 is 11.6 Å². The fourth-order valence-electron chi connectivity index (χ4n) is 0.771. The van der Waals surface area contributed by atoms with E-state index >= 15 is 0 Å². The summed E-state index contributed by atoms with van der Waals surface area (Å²) in [6.45, 7) is 0.414. The van der Waals surface area contributed by atoms with Crippen LogP contribution in [0.15, 0.2) is 24.3 Å². The van der Waals surface area contributed by atoms with E-state index in [1.165, 1.54) is 0 Å². The number of benzene rings is 1. The highest BCUT2D eigenvalue weighted by atomic mass is 35.5. The lowest BCUT2D eigenvalue weighted by Crippen LogP contribution is -1.94. The normalized spacial score (nSPS) is 9.00. The summed E-state index contributed by atoms with van der Waals surface area (Å²) < 4.78 is 5.22. The Morgan fingerprint density at radius 3 is 3.00 bits per heavy atom. The Morgan fingerprint density at radius 2 is 2.33 bits per heavy atom. The van der Waals surface area contributed by atoms with Crippen LogP contribution < -0.4 is 4.74 Å². The summed E-state index contributed by atoms with van der Waals surface area (Å²) in [6, 6.07) is 9.11. The van der Waals surface area contributed by atoms with Gasteiger partial charge in [0.1, 0.15) is 12.4 Å². The van der Waals surface area contributed by atoms with Gasteiger partial charge in [-0.25, -0.2) is 0 Å². The molecule has 0 saturated heterocycles. The SMILES string of the molecule is N#CCCOc1cccc(Cl)c1. The molecule has 12 heavy (non-hydrogen) atoms. The maximum Gasteiger partial charge on any atom is 0.120 e. The molecular weight excluding hydrogens is 174 g/mol. The van der Waals surface area contributed by atoms with Crippen molar-refractivity contribution in [1.82, 2.24) is 0 Å². The zero-order chi connectivity index (χ0) is 8.81. The van der Waals surface area contributed by atoms with Crippen molar-refractivity contribution in [1.29, 1.82) is 5.26 Å². The van der Waals surface area contributed by atoms with Crippen molar-refractivity contribution in [3.05, 3.63) is 29.3 Å². The molecule has 1 rings (SSSR count). The van der Waals surface area contributed by atoms with Crippen LogP contribution in [0, 0.1) is 11.3 Å². The molecule has 1 aromatic carbocycles. The quantitative estimate of drug-likeness (QED) is 0.672. The summed E-state index contributed by atoms with van der Waals surface area (Å²) in [5.41, 5.74) is 0. The van der Waals surface area contributed by atoms with Crippen LogP contribution in [0.5, 0.6) is 5.75 Å². The summed E-state index contributed by atoms with van der Waals surface area (Å²) in [4.78, 5) is 0. The van der Waals surface area contributed by atoms with Crippen LogP contribution in [0.3, 0.4) is 0 Å². The van der Waals surface area contributed by atoms with Gasteiger partial charge >= 0.3 is 0 Å². The van der Waals surface area contributed by atoms with Crippen LogP contribution in [-0.2, 0) is 0 Å². The minimum absolute atomic E-state index is 0.395. The van der Waals surface area contributed by atoms with Crippen molar-refractivity contribution in [2.24, 2.45) is 0 Å². The minimum Gasteiger partial charge on any atom is -0.492 e. The number of nitrogens with zero attached hydrogens (tertiary/aromatic N) is 1. The number of ether oxygens (including phenoxy) is 1. The number of hydrogen-bond donors (Lipinski definition) is 0. The maximum atomic E-state index is 8.24. The average Bonchev–Trinajstić information content (AvgIpc) is 2.05. The van der Waals surface area contributed by atoms with Crippen LogP contribution in [-0.4, -0.2) is 6.61 Å². The third-order valence-corrected chi connectivity index (χ3v) is 1.51. The highest BCUT2D eigenvalue weighted by molar-refractivity contribution is 6.30. The molecule has 0 N–H and O–H groups in total. The van der Waals surface area contributed by atoms with Crippen LogP contribution in [0.2, 0.25) is 5.02 Å². The standard InChI is InChI=1S/C9H8ClNO/c10-8-3-1-4-9(7-8)12-6-2-5-11/h1,3-4,7H,2,6H2. The molecule has 1 aromatic rings. The minimum atomic E-state index is 0.395. The molecule has 2 nitrogen and oxygen atoms in total. The van der Waals surface area contributed by atoms with E-state index in [4.69, 9.17) is 21.6 Å². The Bertz CT molecular complexity index is 293. The smallest absolute Gasteiger partial charge is 0.120 e. The molecule has 0 saturated carbocycles. The van der Waals surface area contributed by atoms with Crippen molar-refractivity contribution in [2.45, 2.75) is 6.42 Å². The van der Waals surface area contributed by atoms with Gasteiger partial charge in [-0.2, -0.15) is 5.26 Å². The Kier molecular flexibility index (Phi) is 3.43. The second-order valence-electron chi connectivity index (χ2n) is 2.21. The molecule has 0 radical (unpaired) electrons. The lowest BCUT2D eigenvalue weighted by atomic mass is 10.3. The van der Waals surface area contributed by atoms with Gasteiger partial charge in [0.25, 0.3) is 0 Å². The first kappa shape index (κ1) is 8.89. The molecule has 0 bridgehead atoms. The largest absolute Gasteiger partial charge is 0.492 e. The molecular formula is C9H8ClNO. The molecule has 0 atom stereocenters. The number of hydrogen-bond acceptors (Lipinski definition) is 2. The van der Waals surface area contributed by atoms with Crippen molar-refractivity contribution >= 4 is 11.6 Å². The van der Waals surface area contributed by atoms with Gasteiger partial charge in [0.2, 0.25) is 0 Å². The third-order valence-electron chi connectivity index (χ3n) is 1.28. The van der Waals surface area contributed by atoms with E-state index in [2.05, 4.69) is 0 Å². The van der Waals surface area contributed by atoms with E-state index < -0.39 is 0 Å². The number of rotatable bonds is 3. The zero-order valence-corrected chi connectivity index (χ0v) is 7.21. The molecule has 0 heterocycles. The van der Waals surface area contributed by atoms with Crippen molar-refractivity contribution in [3.8, 4) is 11.8 Å². The van der Waals surface area contributed by atoms with E-state index in [1.807, 2.05) is 18.2 Å². The molecule has 62 valence electrons. The van der Waals surface area contributed by atoms with Gasteiger partial charge in [-0.05, 0) is 18.2 Å². The average molecular weight is 182 g/mol. The first-order valence-corrected chi connectivity index (χ1v) is 3.96. The topological polar surface area (TPSA) is 33.0 Å². The predicted molar refractivity (Wildman–Crippen MR) is 47.2 cm³/mol. The molecule has 0 spiro atoms. The molecule has 3 heteroatoms. The summed E-state index contributed by atoms with van der Waals surface area (Å²) in [5, 5.41) is 8.89. The second-order valence-corrected chi connectivity index (χ2v) is 2.65. The van der Waals surface area contributed by atoms with Gasteiger partial charge < -0.3 is 4.74 Å². The molecule has 0 aliphatic heterocycles. The first-order valence-electron chi connectivity index (χ1n) is 3.58. The third kappa shape index (κ3) is 2.81. The summed E-state index contributed by atoms with van der Waals surface area (Å²) in [5.74, 6) is 0.706. The Balaban J connectivity index is 2.48. The Morgan fingerprint density at radius 1 is 1.50 bits per heavy atom. The van der Waals surface area contributed by atoms with E-state index in [1.54, 1.807) is 12.1 Å². The molecule has 0 aromatic heterocycles. The van der Waals surface area contributed by atoms with E-state index in [-0.39, 0.29) is 0 Å². The van der Waals surface area contributed by atoms with Gasteiger partial charge in [-0.3, -0.25) is 0 Å². The Hall–Kier alpha value is -1.20. The van der Waals surface area contributed by atoms with Crippen molar-refractivity contribution < 1.29 is 4.74 Å². The second kappa shape index (κ2) is 4.63. The predicted octanol–water partition coefficient (Wildman–Crippen LogP) is 2.63. The van der Waals surface area contributed by atoms with Crippen LogP contribution in [0.4, 0.5) is 0 Å². The monoisotopic (exact) mass is 181 g/mol. The summed E-state index contributed by atoms with van der Waals surface area (Å²) in [7, 11) is 0. The molecule has 0 fully saturated rings. The van der Waals surface area contributed by atoms with Gasteiger partial charge in [0, 0.05) is 5.02 Å². The molecule has 0 aliphatic rings. The summed E-state index contributed by atoms with van der Waals surface area (Å²) >= 11 is 5.71. The van der Waals surface area contributed by atoms with E-state index in [9.17, 15) is 0 Å². The van der Waals surface area contributed by atoms with E-state index in [0.29, 0.717) is 23.8 Å². The lowest BCUT2D eigenvalue weighted by Gasteiger charge is -2.02. The number of nitriles is 1. The fourth-order valence-corrected chi connectivity index (χ4v) is 0.952. The van der Waals surface area contributed by atoms with Crippen molar-refractivity contribution in [2.75, 3.05) is 6.61 Å². The molecule has 0 amide bonds. The molecule has 0 aliphatic carbocycles. The highest BCUT2D eigenvalue weighted by Crippen LogP contribution is 2.16. The van der Waals surface area contributed by atoms with Gasteiger partial charge in [-0.1, -0.05) is 17.7 Å². The van der Waals surface area contributed by atoms with Crippen molar-refractivity contribution in [3.63, 3.8) is 0 Å². The Labute approximate surface area is 76.3 Å². The molecule has 0 unspecified atom stereocenters. The van der Waals surface area contributed by atoms with Gasteiger partial charge in [0.15, 0.2) is 0 Å². The fraction of sp³-hybridized carbons (Fsp3) is 0.222. The van der Waals surface area contributed by atoms with Crippen LogP contribution in [0.1, 0.15) is 6.42 Å². The maximum absolute atomic E-state index is 8.24.